The average molecular weight is 407 g/mol. The summed E-state index contributed by atoms with van der Waals surface area (Å²) in [6.07, 6.45) is 6.54. The van der Waals surface area contributed by atoms with E-state index in [-0.39, 0.29) is 35.5 Å². The van der Waals surface area contributed by atoms with Crippen LogP contribution in [0.15, 0.2) is 65.8 Å². The highest BCUT2D eigenvalue weighted by atomic mass is 35.5. The molecule has 5 rings (SSSR count). The lowest BCUT2D eigenvalue weighted by Crippen LogP contribution is -2.28. The number of fused-ring (bicyclic) bond motifs is 5. The van der Waals surface area contributed by atoms with E-state index >= 15 is 0 Å². The Hall–Kier alpha value is -2.92. The van der Waals surface area contributed by atoms with Crippen LogP contribution in [0, 0.1) is 23.7 Å². The summed E-state index contributed by atoms with van der Waals surface area (Å²) in [7, 11) is 0. The van der Waals surface area contributed by atoms with Crippen molar-refractivity contribution in [1.82, 2.24) is 5.01 Å². The summed E-state index contributed by atoms with van der Waals surface area (Å²) in [5.74, 6) is 0.0514. The number of imide groups is 1. The Balaban J connectivity index is 1.27. The number of rotatable bonds is 5. The molecule has 2 bridgehead atoms. The van der Waals surface area contributed by atoms with Gasteiger partial charge in [-0.15, -0.1) is 0 Å². The van der Waals surface area contributed by atoms with E-state index in [1.54, 1.807) is 18.2 Å². The van der Waals surface area contributed by atoms with E-state index in [4.69, 9.17) is 16.3 Å². The topological polar surface area (TPSA) is 59.0 Å². The Morgan fingerprint density at radius 3 is 2.38 bits per heavy atom. The van der Waals surface area contributed by atoms with Crippen LogP contribution in [0.5, 0.6) is 5.75 Å². The van der Waals surface area contributed by atoms with Crippen LogP contribution in [-0.4, -0.2) is 23.0 Å². The Labute approximate surface area is 173 Å². The minimum Gasteiger partial charge on any atom is -0.487 e. The largest absolute Gasteiger partial charge is 0.487 e. The van der Waals surface area contributed by atoms with E-state index in [9.17, 15) is 9.59 Å². The number of allylic oxidation sites excluding steroid dienone is 2. The van der Waals surface area contributed by atoms with Crippen LogP contribution in [0.25, 0.3) is 0 Å². The fourth-order valence-corrected chi connectivity index (χ4v) is 4.82. The molecule has 4 atom stereocenters. The van der Waals surface area contributed by atoms with Crippen molar-refractivity contribution in [1.29, 1.82) is 0 Å². The summed E-state index contributed by atoms with van der Waals surface area (Å²) in [5.41, 5.74) is 1.75. The van der Waals surface area contributed by atoms with Gasteiger partial charge in [-0.3, -0.25) is 9.59 Å². The molecule has 2 aromatic carbocycles. The standard InChI is InChI=1S/C23H19ClN2O3/c24-18-10-15(6-9-19(18)29-13-14-4-2-1-3-5-14)12-25-26-22(27)20-16-7-8-17(11-16)21(20)23(26)28/h1-10,12,16-17,20-21H,11,13H2. The van der Waals surface area contributed by atoms with E-state index in [1.807, 2.05) is 30.3 Å². The number of carbonyl (C=O) groups excluding carboxylic acids is 2. The van der Waals surface area contributed by atoms with Gasteiger partial charge in [-0.2, -0.15) is 10.1 Å². The maximum Gasteiger partial charge on any atom is 0.254 e. The predicted octanol–water partition coefficient (Wildman–Crippen LogP) is 4.06. The van der Waals surface area contributed by atoms with E-state index in [0.29, 0.717) is 22.9 Å². The van der Waals surface area contributed by atoms with E-state index in [0.717, 1.165) is 17.0 Å². The SMILES string of the molecule is O=C1C2C3C=CC(C3)C2C(=O)N1N=Cc1ccc(OCc2ccccc2)c(Cl)c1. The Morgan fingerprint density at radius 1 is 1.03 bits per heavy atom. The van der Waals surface area contributed by atoms with Crippen molar-refractivity contribution in [3.05, 3.63) is 76.8 Å². The van der Waals surface area contributed by atoms with Gasteiger partial charge in [0.15, 0.2) is 0 Å². The molecular weight excluding hydrogens is 388 g/mol. The van der Waals surface area contributed by atoms with Crippen LogP contribution in [-0.2, 0) is 16.2 Å². The van der Waals surface area contributed by atoms with Crippen molar-refractivity contribution in [2.24, 2.45) is 28.8 Å². The smallest absolute Gasteiger partial charge is 0.254 e. The first kappa shape index (κ1) is 18.1. The fraction of sp³-hybridized carbons (Fsp3) is 0.261. The zero-order valence-electron chi connectivity index (χ0n) is 15.6. The number of hydrogen-bond donors (Lipinski definition) is 0. The van der Waals surface area contributed by atoms with Crippen LogP contribution >= 0.6 is 11.6 Å². The van der Waals surface area contributed by atoms with Gasteiger partial charge in [0.25, 0.3) is 11.8 Å². The highest BCUT2D eigenvalue weighted by Crippen LogP contribution is 2.52. The summed E-state index contributed by atoms with van der Waals surface area (Å²) in [6, 6.07) is 15.1. The molecule has 0 N–H and O–H groups in total. The molecule has 0 spiro atoms. The first-order chi connectivity index (χ1) is 14.1. The van der Waals surface area contributed by atoms with Gasteiger partial charge in [-0.25, -0.2) is 0 Å². The number of hydrazone groups is 1. The molecule has 1 saturated heterocycles. The van der Waals surface area contributed by atoms with Crippen LogP contribution in [0.3, 0.4) is 0 Å². The number of benzene rings is 2. The molecule has 2 aliphatic carbocycles. The molecule has 2 aromatic rings. The van der Waals surface area contributed by atoms with Crippen molar-refractivity contribution in [2.45, 2.75) is 13.0 Å². The second-order valence-corrected chi connectivity index (χ2v) is 8.10. The highest BCUT2D eigenvalue weighted by Gasteiger charge is 2.59. The van der Waals surface area contributed by atoms with E-state index in [1.165, 1.54) is 6.21 Å². The quantitative estimate of drug-likeness (QED) is 0.427. The molecule has 1 aliphatic heterocycles. The average Bonchev–Trinajstić information content (AvgIpc) is 3.41. The second kappa shape index (κ2) is 7.16. The van der Waals surface area contributed by atoms with Gasteiger partial charge in [0.1, 0.15) is 12.4 Å². The number of hydrogen-bond acceptors (Lipinski definition) is 4. The molecule has 3 aliphatic rings. The van der Waals surface area contributed by atoms with E-state index < -0.39 is 0 Å². The van der Waals surface area contributed by atoms with Crippen molar-refractivity contribution in [3.63, 3.8) is 0 Å². The first-order valence-corrected chi connectivity index (χ1v) is 10.1. The maximum absolute atomic E-state index is 12.7. The minimum atomic E-state index is -0.244. The molecule has 146 valence electrons. The minimum absolute atomic E-state index is 0.178. The molecule has 1 heterocycles. The third-order valence-electron chi connectivity index (χ3n) is 5.96. The molecule has 2 fully saturated rings. The monoisotopic (exact) mass is 406 g/mol. The van der Waals surface area contributed by atoms with Gasteiger partial charge in [-0.05, 0) is 47.6 Å². The fourth-order valence-electron chi connectivity index (χ4n) is 4.57. The number of nitrogens with zero attached hydrogens (tertiary/aromatic N) is 2. The van der Waals surface area contributed by atoms with Gasteiger partial charge < -0.3 is 4.74 Å². The number of ether oxygens (including phenoxy) is 1. The van der Waals surface area contributed by atoms with Gasteiger partial charge in [0.2, 0.25) is 0 Å². The Kier molecular flexibility index (Phi) is 4.47. The number of carbonyl (C=O) groups is 2. The van der Waals surface area contributed by atoms with Gasteiger partial charge in [0.05, 0.1) is 23.1 Å². The number of amides is 2. The molecule has 5 nitrogen and oxygen atoms in total. The third kappa shape index (κ3) is 3.15. The molecule has 29 heavy (non-hydrogen) atoms. The predicted molar refractivity (Wildman–Crippen MR) is 109 cm³/mol. The Morgan fingerprint density at radius 2 is 1.72 bits per heavy atom. The second-order valence-electron chi connectivity index (χ2n) is 7.70. The number of halogens is 1. The summed E-state index contributed by atoms with van der Waals surface area (Å²) >= 11 is 6.33. The molecule has 6 heteroatoms. The summed E-state index contributed by atoms with van der Waals surface area (Å²) in [4.78, 5) is 25.3. The van der Waals surface area contributed by atoms with Gasteiger partial charge in [0, 0.05) is 0 Å². The third-order valence-corrected chi connectivity index (χ3v) is 6.26. The zero-order chi connectivity index (χ0) is 20.0. The summed E-state index contributed by atoms with van der Waals surface area (Å²) < 4.78 is 5.77. The van der Waals surface area contributed by atoms with Crippen molar-refractivity contribution in [3.8, 4) is 5.75 Å². The van der Waals surface area contributed by atoms with Crippen molar-refractivity contribution >= 4 is 29.6 Å². The molecule has 4 unspecified atom stereocenters. The molecule has 0 aromatic heterocycles. The normalized spacial score (nSPS) is 27.3. The van der Waals surface area contributed by atoms with Crippen molar-refractivity contribution in [2.75, 3.05) is 0 Å². The van der Waals surface area contributed by atoms with Crippen molar-refractivity contribution < 1.29 is 14.3 Å². The highest BCUT2D eigenvalue weighted by molar-refractivity contribution is 6.32. The van der Waals surface area contributed by atoms with Crippen LogP contribution in [0.2, 0.25) is 5.02 Å². The lowest BCUT2D eigenvalue weighted by atomic mass is 9.85. The van der Waals surface area contributed by atoms with Crippen LogP contribution < -0.4 is 4.74 Å². The first-order valence-electron chi connectivity index (χ1n) is 9.68. The van der Waals surface area contributed by atoms with Gasteiger partial charge >= 0.3 is 0 Å². The van der Waals surface area contributed by atoms with Gasteiger partial charge in [-0.1, -0.05) is 54.1 Å². The summed E-state index contributed by atoms with van der Waals surface area (Å²) in [5, 5.41) is 5.67. The lowest BCUT2D eigenvalue weighted by molar-refractivity contribution is -0.140. The van der Waals surface area contributed by atoms with Crippen LogP contribution in [0.4, 0.5) is 0 Å². The lowest BCUT2D eigenvalue weighted by Gasteiger charge is -2.13. The van der Waals surface area contributed by atoms with E-state index in [2.05, 4.69) is 17.3 Å². The molecule has 1 saturated carbocycles. The van der Waals surface area contributed by atoms with Crippen LogP contribution in [0.1, 0.15) is 17.5 Å². The molecule has 2 amide bonds. The maximum atomic E-state index is 12.7. The Bertz CT molecular complexity index is 1000. The molecular formula is C23H19ClN2O3. The summed E-state index contributed by atoms with van der Waals surface area (Å²) in [6.45, 7) is 0.421. The molecule has 0 radical (unpaired) electrons. The zero-order valence-corrected chi connectivity index (χ0v) is 16.3.